The second kappa shape index (κ2) is 4.45. The van der Waals surface area contributed by atoms with E-state index >= 15 is 0 Å². The molecule has 0 fully saturated rings. The van der Waals surface area contributed by atoms with Crippen LogP contribution >= 0.6 is 0 Å². The molecule has 1 aromatic rings. The van der Waals surface area contributed by atoms with Crippen LogP contribution in [0.2, 0.25) is 0 Å². The molecule has 2 rings (SSSR count). The van der Waals surface area contributed by atoms with Gasteiger partial charge in [0.25, 0.3) is 0 Å². The van der Waals surface area contributed by atoms with Crippen LogP contribution in [0.25, 0.3) is 0 Å². The predicted molar refractivity (Wildman–Crippen MR) is 61.3 cm³/mol. The van der Waals surface area contributed by atoms with Gasteiger partial charge in [0.05, 0.1) is 12.1 Å². The molecule has 1 aliphatic rings. The maximum absolute atomic E-state index is 11.8. The molecule has 5 heteroatoms. The maximum atomic E-state index is 11.8. The zero-order chi connectivity index (χ0) is 12.4. The number of rotatable bonds is 3. The molecule has 0 aliphatic carbocycles. The summed E-state index contributed by atoms with van der Waals surface area (Å²) in [5.74, 6) is 0.741. The van der Waals surface area contributed by atoms with Gasteiger partial charge in [-0.25, -0.2) is 0 Å². The zero-order valence-electron chi connectivity index (χ0n) is 9.73. The molecule has 0 atom stereocenters. The van der Waals surface area contributed by atoms with Crippen molar-refractivity contribution < 1.29 is 19.1 Å². The Morgan fingerprint density at radius 2 is 2.12 bits per heavy atom. The smallest absolute Gasteiger partial charge is 0.234 e. The van der Waals surface area contributed by atoms with Crippen LogP contribution in [0.15, 0.2) is 18.2 Å². The van der Waals surface area contributed by atoms with Gasteiger partial charge in [0.2, 0.25) is 12.7 Å². The number of ether oxygens (including phenoxy) is 2. The predicted octanol–water partition coefficient (Wildman–Crippen LogP) is 1.36. The third-order valence-electron chi connectivity index (χ3n) is 2.51. The van der Waals surface area contributed by atoms with Crippen LogP contribution in [0.4, 0.5) is 5.69 Å². The average molecular weight is 235 g/mol. The van der Waals surface area contributed by atoms with E-state index in [9.17, 15) is 9.59 Å². The fourth-order valence-electron chi connectivity index (χ4n) is 1.64. The lowest BCUT2D eigenvalue weighted by molar-refractivity contribution is -0.125. The number of amides is 1. The molecule has 0 saturated carbocycles. The molecule has 0 aromatic heterocycles. The van der Waals surface area contributed by atoms with Crippen LogP contribution in [-0.4, -0.2) is 25.5 Å². The summed E-state index contributed by atoms with van der Waals surface area (Å²) in [6, 6.07) is 5.31. The lowest BCUT2D eigenvalue weighted by Gasteiger charge is -2.18. The summed E-state index contributed by atoms with van der Waals surface area (Å²) in [6.45, 7) is 1.54. The second-order valence-electron chi connectivity index (χ2n) is 3.84. The molecular formula is C12H13NO4. The van der Waals surface area contributed by atoms with Crippen molar-refractivity contribution in [1.82, 2.24) is 0 Å². The minimum Gasteiger partial charge on any atom is -0.454 e. The van der Waals surface area contributed by atoms with Gasteiger partial charge in [-0.2, -0.15) is 0 Å². The Hall–Kier alpha value is -2.04. The van der Waals surface area contributed by atoms with E-state index in [4.69, 9.17) is 9.47 Å². The van der Waals surface area contributed by atoms with Crippen molar-refractivity contribution >= 4 is 17.4 Å². The molecule has 5 nitrogen and oxygen atoms in total. The molecule has 0 radical (unpaired) electrons. The highest BCUT2D eigenvalue weighted by atomic mass is 16.7. The highest BCUT2D eigenvalue weighted by Crippen LogP contribution is 2.40. The number of nitrogens with zero attached hydrogens (tertiary/aromatic N) is 1. The van der Waals surface area contributed by atoms with Crippen LogP contribution in [0.1, 0.15) is 13.3 Å². The van der Waals surface area contributed by atoms with Gasteiger partial charge >= 0.3 is 0 Å². The Labute approximate surface area is 98.9 Å². The van der Waals surface area contributed by atoms with Gasteiger partial charge in [-0.3, -0.25) is 9.59 Å². The van der Waals surface area contributed by atoms with Crippen molar-refractivity contribution in [1.29, 1.82) is 0 Å². The SMILES string of the molecule is CC(=O)CC(=O)N(C)c1cccc2c1OCO2. The lowest BCUT2D eigenvalue weighted by Crippen LogP contribution is -2.27. The molecule has 1 aromatic carbocycles. The molecule has 0 saturated heterocycles. The van der Waals surface area contributed by atoms with Crippen molar-refractivity contribution in [2.45, 2.75) is 13.3 Å². The van der Waals surface area contributed by atoms with E-state index in [1.807, 2.05) is 0 Å². The van der Waals surface area contributed by atoms with Crippen LogP contribution < -0.4 is 14.4 Å². The highest BCUT2D eigenvalue weighted by Gasteiger charge is 2.22. The first kappa shape index (κ1) is 11.4. The standard InChI is InChI=1S/C12H13NO4/c1-8(14)6-11(15)13(2)9-4-3-5-10-12(9)17-7-16-10/h3-5H,6-7H2,1-2H3. The van der Waals surface area contributed by atoms with E-state index in [1.54, 1.807) is 25.2 Å². The number of para-hydroxylation sites is 1. The third kappa shape index (κ3) is 2.22. The number of hydrogen-bond donors (Lipinski definition) is 0. The number of fused-ring (bicyclic) bond motifs is 1. The number of anilines is 1. The molecule has 0 N–H and O–H groups in total. The molecule has 17 heavy (non-hydrogen) atoms. The Balaban J connectivity index is 2.25. The largest absolute Gasteiger partial charge is 0.454 e. The van der Waals surface area contributed by atoms with Crippen LogP contribution in [0.3, 0.4) is 0 Å². The number of hydrogen-bond acceptors (Lipinski definition) is 4. The zero-order valence-corrected chi connectivity index (χ0v) is 9.73. The number of carbonyl (C=O) groups excluding carboxylic acids is 2. The molecule has 90 valence electrons. The van der Waals surface area contributed by atoms with Gasteiger partial charge in [-0.1, -0.05) is 6.07 Å². The summed E-state index contributed by atoms with van der Waals surface area (Å²) < 4.78 is 10.5. The van der Waals surface area contributed by atoms with Crippen molar-refractivity contribution in [3.8, 4) is 11.5 Å². The number of benzene rings is 1. The summed E-state index contributed by atoms with van der Waals surface area (Å²) in [6.07, 6.45) is -0.110. The van der Waals surface area contributed by atoms with Crippen molar-refractivity contribution in [3.63, 3.8) is 0 Å². The summed E-state index contributed by atoms with van der Waals surface area (Å²) >= 11 is 0. The second-order valence-corrected chi connectivity index (χ2v) is 3.84. The Bertz CT molecular complexity index is 470. The molecule has 0 unspecified atom stereocenters. The van der Waals surface area contributed by atoms with Crippen molar-refractivity contribution in [3.05, 3.63) is 18.2 Å². The average Bonchev–Trinajstić information content (AvgIpc) is 2.74. The molecule has 1 aliphatic heterocycles. The molecule has 0 bridgehead atoms. The molecule has 1 amide bonds. The van der Waals surface area contributed by atoms with Gasteiger partial charge in [-0.05, 0) is 19.1 Å². The monoisotopic (exact) mass is 235 g/mol. The van der Waals surface area contributed by atoms with E-state index in [-0.39, 0.29) is 24.9 Å². The fourth-order valence-corrected chi connectivity index (χ4v) is 1.64. The van der Waals surface area contributed by atoms with Gasteiger partial charge < -0.3 is 14.4 Å². The summed E-state index contributed by atoms with van der Waals surface area (Å²) in [5.41, 5.74) is 0.617. The highest BCUT2D eigenvalue weighted by molar-refractivity contribution is 6.05. The van der Waals surface area contributed by atoms with E-state index in [2.05, 4.69) is 0 Å². The normalized spacial score (nSPS) is 12.4. The van der Waals surface area contributed by atoms with Crippen molar-refractivity contribution in [2.24, 2.45) is 0 Å². The van der Waals surface area contributed by atoms with E-state index in [0.717, 1.165) is 0 Å². The molecule has 0 spiro atoms. The number of carbonyl (C=O) groups is 2. The molecule has 1 heterocycles. The summed E-state index contributed by atoms with van der Waals surface area (Å²) in [7, 11) is 1.61. The van der Waals surface area contributed by atoms with Crippen LogP contribution in [0, 0.1) is 0 Å². The van der Waals surface area contributed by atoms with Crippen LogP contribution in [-0.2, 0) is 9.59 Å². The molecular weight excluding hydrogens is 222 g/mol. The minimum atomic E-state index is -0.263. The first-order chi connectivity index (χ1) is 8.09. The Morgan fingerprint density at radius 1 is 1.35 bits per heavy atom. The van der Waals surface area contributed by atoms with Crippen LogP contribution in [0.5, 0.6) is 11.5 Å². The number of Topliss-reactive ketones (excluding diaryl/α,β-unsaturated/α-hetero) is 1. The van der Waals surface area contributed by atoms with E-state index in [1.165, 1.54) is 11.8 Å². The summed E-state index contributed by atoms with van der Waals surface area (Å²) in [4.78, 5) is 24.1. The topological polar surface area (TPSA) is 55.8 Å². The quantitative estimate of drug-likeness (QED) is 0.742. The maximum Gasteiger partial charge on any atom is 0.234 e. The first-order valence-corrected chi connectivity index (χ1v) is 5.24. The van der Waals surface area contributed by atoms with Crippen molar-refractivity contribution in [2.75, 3.05) is 18.7 Å². The van der Waals surface area contributed by atoms with Gasteiger partial charge in [-0.15, -0.1) is 0 Å². The third-order valence-corrected chi connectivity index (χ3v) is 2.51. The fraction of sp³-hybridized carbons (Fsp3) is 0.333. The van der Waals surface area contributed by atoms with E-state index < -0.39 is 0 Å². The number of ketones is 1. The van der Waals surface area contributed by atoms with Gasteiger partial charge in [0, 0.05) is 7.05 Å². The lowest BCUT2D eigenvalue weighted by atomic mass is 10.2. The van der Waals surface area contributed by atoms with Gasteiger partial charge in [0.1, 0.15) is 5.78 Å². The van der Waals surface area contributed by atoms with Gasteiger partial charge in [0.15, 0.2) is 11.5 Å². The first-order valence-electron chi connectivity index (χ1n) is 5.24. The summed E-state index contributed by atoms with van der Waals surface area (Å²) in [5, 5.41) is 0. The van der Waals surface area contributed by atoms with E-state index in [0.29, 0.717) is 17.2 Å². The minimum absolute atomic E-state index is 0.110. The Morgan fingerprint density at radius 3 is 2.82 bits per heavy atom. The Kier molecular flexibility index (Phi) is 2.99.